The minimum atomic E-state index is -0.964. The fourth-order valence-corrected chi connectivity index (χ4v) is 3.62. The Balaban J connectivity index is 1.44. The van der Waals surface area contributed by atoms with Crippen LogP contribution in [-0.4, -0.2) is 30.8 Å². The third-order valence-electron chi connectivity index (χ3n) is 5.09. The van der Waals surface area contributed by atoms with E-state index >= 15 is 0 Å². The van der Waals surface area contributed by atoms with Gasteiger partial charge in [0.1, 0.15) is 5.75 Å². The van der Waals surface area contributed by atoms with Gasteiger partial charge in [0.25, 0.3) is 0 Å². The number of hydrogen-bond acceptors (Lipinski definition) is 3. The first-order chi connectivity index (χ1) is 14.7. The minimum absolute atomic E-state index is 0.311. The molecule has 0 saturated carbocycles. The molecule has 4 nitrogen and oxygen atoms in total. The number of carbonyl (C=O) groups is 1. The quantitative estimate of drug-likeness (QED) is 0.423. The highest BCUT2D eigenvalue weighted by Gasteiger charge is 2.13. The second-order valence-corrected chi connectivity index (χ2v) is 7.35. The van der Waals surface area contributed by atoms with Gasteiger partial charge in [0.05, 0.1) is 0 Å². The van der Waals surface area contributed by atoms with Gasteiger partial charge < -0.3 is 15.2 Å². The van der Waals surface area contributed by atoms with Crippen LogP contribution in [0.5, 0.6) is 5.75 Å². The molecule has 0 spiro atoms. The molecule has 3 aromatic rings. The van der Waals surface area contributed by atoms with Crippen molar-refractivity contribution in [2.45, 2.75) is 25.2 Å². The van der Waals surface area contributed by atoms with E-state index in [2.05, 4.69) is 72.0 Å². The van der Waals surface area contributed by atoms with Gasteiger partial charge in [-0.1, -0.05) is 72.8 Å². The van der Waals surface area contributed by atoms with Gasteiger partial charge in [-0.3, -0.25) is 0 Å². The highest BCUT2D eigenvalue weighted by molar-refractivity contribution is 5.68. The number of aliphatic carboxylic acids is 1. The molecule has 4 heteroatoms. The number of hydrogen-bond donors (Lipinski definition) is 2. The van der Waals surface area contributed by atoms with Gasteiger partial charge >= 0.3 is 5.97 Å². The smallest absolute Gasteiger partial charge is 0.341 e. The van der Waals surface area contributed by atoms with Crippen LogP contribution in [0, 0.1) is 0 Å². The van der Waals surface area contributed by atoms with Crippen molar-refractivity contribution < 1.29 is 14.6 Å². The van der Waals surface area contributed by atoms with E-state index in [0.717, 1.165) is 37.9 Å². The molecule has 0 aromatic heterocycles. The Bertz CT molecular complexity index is 857. The summed E-state index contributed by atoms with van der Waals surface area (Å²) in [6.45, 7) is 1.59. The van der Waals surface area contributed by atoms with Crippen molar-refractivity contribution in [2.24, 2.45) is 0 Å². The van der Waals surface area contributed by atoms with Gasteiger partial charge in [-0.2, -0.15) is 0 Å². The Kier molecular flexibility index (Phi) is 8.48. The number of ether oxygens (including phenoxy) is 1. The summed E-state index contributed by atoms with van der Waals surface area (Å²) < 4.78 is 5.25. The molecule has 0 radical (unpaired) electrons. The standard InChI is InChI=1S/C26H29NO3/c28-26(29)20-30-24-15-7-9-21(19-24)10-8-17-27-18-16-25(22-11-3-1-4-12-22)23-13-5-2-6-14-23/h1-7,9,11-15,19,25,27H,8,10,16-18,20H2,(H,28,29). The van der Waals surface area contributed by atoms with Gasteiger partial charge in [0.2, 0.25) is 0 Å². The van der Waals surface area contributed by atoms with E-state index in [1.54, 1.807) is 6.07 Å². The van der Waals surface area contributed by atoms with Crippen molar-refractivity contribution in [3.05, 3.63) is 102 Å². The third-order valence-corrected chi connectivity index (χ3v) is 5.09. The zero-order valence-electron chi connectivity index (χ0n) is 17.2. The lowest BCUT2D eigenvalue weighted by atomic mass is 9.88. The highest BCUT2D eigenvalue weighted by atomic mass is 16.5. The molecule has 30 heavy (non-hydrogen) atoms. The number of nitrogens with one attached hydrogen (secondary N) is 1. The van der Waals surface area contributed by atoms with E-state index < -0.39 is 5.97 Å². The van der Waals surface area contributed by atoms with Crippen molar-refractivity contribution in [2.75, 3.05) is 19.7 Å². The average molecular weight is 404 g/mol. The SMILES string of the molecule is O=C(O)COc1cccc(CCCNCCC(c2ccccc2)c2ccccc2)c1. The summed E-state index contributed by atoms with van der Waals surface area (Å²) >= 11 is 0. The molecule has 0 unspecified atom stereocenters. The first-order valence-electron chi connectivity index (χ1n) is 10.5. The number of rotatable bonds is 12. The lowest BCUT2D eigenvalue weighted by Crippen LogP contribution is -2.19. The molecule has 0 saturated heterocycles. The molecular weight excluding hydrogens is 374 g/mol. The molecule has 0 heterocycles. The van der Waals surface area contributed by atoms with E-state index in [1.165, 1.54) is 11.1 Å². The lowest BCUT2D eigenvalue weighted by molar-refractivity contribution is -0.139. The van der Waals surface area contributed by atoms with Gasteiger partial charge in [0.15, 0.2) is 6.61 Å². The van der Waals surface area contributed by atoms with Crippen LogP contribution in [0.3, 0.4) is 0 Å². The minimum Gasteiger partial charge on any atom is -0.482 e. The molecule has 3 rings (SSSR count). The van der Waals surface area contributed by atoms with Crippen molar-refractivity contribution >= 4 is 5.97 Å². The Morgan fingerprint density at radius 2 is 1.53 bits per heavy atom. The maximum absolute atomic E-state index is 10.6. The molecule has 0 aliphatic carbocycles. The van der Waals surface area contributed by atoms with Crippen LogP contribution in [0.1, 0.15) is 35.4 Å². The maximum atomic E-state index is 10.6. The van der Waals surface area contributed by atoms with E-state index in [-0.39, 0.29) is 6.61 Å². The summed E-state index contributed by atoms with van der Waals surface area (Å²) in [7, 11) is 0. The van der Waals surface area contributed by atoms with Crippen LogP contribution in [0.15, 0.2) is 84.9 Å². The van der Waals surface area contributed by atoms with Crippen LogP contribution >= 0.6 is 0 Å². The van der Waals surface area contributed by atoms with Crippen molar-refractivity contribution in [3.63, 3.8) is 0 Å². The first kappa shape index (κ1) is 21.6. The predicted molar refractivity (Wildman–Crippen MR) is 120 cm³/mol. The predicted octanol–water partition coefficient (Wildman–Crippen LogP) is 4.89. The van der Waals surface area contributed by atoms with Crippen LogP contribution in [0.4, 0.5) is 0 Å². The second kappa shape index (κ2) is 11.8. The monoisotopic (exact) mass is 403 g/mol. The van der Waals surface area contributed by atoms with Gasteiger partial charge in [0, 0.05) is 5.92 Å². The summed E-state index contributed by atoms with van der Waals surface area (Å²) in [5.74, 6) is 0.0355. The molecule has 0 aliphatic rings. The first-order valence-corrected chi connectivity index (χ1v) is 10.5. The normalized spacial score (nSPS) is 10.8. The molecular formula is C26H29NO3. The van der Waals surface area contributed by atoms with E-state index in [1.807, 2.05) is 12.1 Å². The molecule has 0 amide bonds. The number of carboxylic acids is 1. The summed E-state index contributed by atoms with van der Waals surface area (Å²) in [6, 6.07) is 29.0. The van der Waals surface area contributed by atoms with Gasteiger partial charge in [-0.15, -0.1) is 0 Å². The van der Waals surface area contributed by atoms with Gasteiger partial charge in [-0.05, 0) is 61.2 Å². The van der Waals surface area contributed by atoms with Crippen LogP contribution in [0.2, 0.25) is 0 Å². The van der Waals surface area contributed by atoms with Crippen LogP contribution in [0.25, 0.3) is 0 Å². The molecule has 2 N–H and O–H groups in total. The molecule has 0 atom stereocenters. The zero-order chi connectivity index (χ0) is 21.0. The molecule has 156 valence electrons. The molecule has 0 fully saturated rings. The van der Waals surface area contributed by atoms with E-state index in [4.69, 9.17) is 9.84 Å². The average Bonchev–Trinajstić information content (AvgIpc) is 2.79. The Labute approximate surface area is 178 Å². The van der Waals surface area contributed by atoms with Crippen LogP contribution < -0.4 is 10.1 Å². The van der Waals surface area contributed by atoms with Crippen molar-refractivity contribution in [3.8, 4) is 5.75 Å². The molecule has 3 aromatic carbocycles. The number of carboxylic acid groups (broad SMARTS) is 1. The Hall–Kier alpha value is -3.11. The highest BCUT2D eigenvalue weighted by Crippen LogP contribution is 2.27. The number of benzene rings is 3. The fraction of sp³-hybridized carbons (Fsp3) is 0.269. The lowest BCUT2D eigenvalue weighted by Gasteiger charge is -2.18. The Morgan fingerprint density at radius 1 is 0.867 bits per heavy atom. The van der Waals surface area contributed by atoms with Crippen molar-refractivity contribution in [1.29, 1.82) is 0 Å². The van der Waals surface area contributed by atoms with Gasteiger partial charge in [-0.25, -0.2) is 4.79 Å². The zero-order valence-corrected chi connectivity index (χ0v) is 17.2. The Morgan fingerprint density at radius 3 is 2.17 bits per heavy atom. The summed E-state index contributed by atoms with van der Waals surface area (Å²) in [4.78, 5) is 10.6. The largest absolute Gasteiger partial charge is 0.482 e. The van der Waals surface area contributed by atoms with E-state index in [9.17, 15) is 4.79 Å². The fourth-order valence-electron chi connectivity index (χ4n) is 3.62. The number of aryl methyl sites for hydroxylation is 1. The third kappa shape index (κ3) is 7.05. The summed E-state index contributed by atoms with van der Waals surface area (Å²) in [5.41, 5.74) is 3.86. The second-order valence-electron chi connectivity index (χ2n) is 7.35. The summed E-state index contributed by atoms with van der Waals surface area (Å²) in [6.07, 6.45) is 2.99. The maximum Gasteiger partial charge on any atom is 0.341 e. The van der Waals surface area contributed by atoms with Crippen molar-refractivity contribution in [1.82, 2.24) is 5.32 Å². The van der Waals surface area contributed by atoms with Crippen LogP contribution in [-0.2, 0) is 11.2 Å². The molecule has 0 aliphatic heterocycles. The van der Waals surface area contributed by atoms with E-state index in [0.29, 0.717) is 11.7 Å². The molecule has 0 bridgehead atoms. The summed E-state index contributed by atoms with van der Waals surface area (Å²) in [5, 5.41) is 12.3. The topological polar surface area (TPSA) is 58.6 Å².